The lowest BCUT2D eigenvalue weighted by Crippen LogP contribution is -2.60. The van der Waals surface area contributed by atoms with Gasteiger partial charge in [-0.15, -0.1) is 0 Å². The molecule has 4 rings (SSSR count). The summed E-state index contributed by atoms with van der Waals surface area (Å²) in [5.74, 6) is -0.0275. The van der Waals surface area contributed by atoms with Crippen molar-refractivity contribution < 1.29 is 19.1 Å². The largest absolute Gasteiger partial charge is 0.474 e. The molecule has 1 spiro atoms. The van der Waals surface area contributed by atoms with Crippen molar-refractivity contribution in [3.8, 4) is 5.88 Å². The van der Waals surface area contributed by atoms with E-state index in [2.05, 4.69) is 10.3 Å². The first-order chi connectivity index (χ1) is 13.3. The van der Waals surface area contributed by atoms with E-state index in [-0.39, 0.29) is 40.9 Å². The van der Waals surface area contributed by atoms with Crippen molar-refractivity contribution in [1.29, 1.82) is 0 Å². The van der Waals surface area contributed by atoms with E-state index in [9.17, 15) is 14.4 Å². The molecule has 28 heavy (non-hydrogen) atoms. The molecule has 2 heterocycles. The average Bonchev–Trinajstić information content (AvgIpc) is 2.82. The molecule has 0 bridgehead atoms. The van der Waals surface area contributed by atoms with E-state index in [0.29, 0.717) is 12.3 Å². The molecular formula is C20H26N4O4. The zero-order chi connectivity index (χ0) is 20.1. The normalized spacial score (nSPS) is 31.5. The third-order valence-corrected chi connectivity index (χ3v) is 6.10. The van der Waals surface area contributed by atoms with Gasteiger partial charge in [0, 0.05) is 12.2 Å². The van der Waals surface area contributed by atoms with Crippen molar-refractivity contribution in [3.05, 3.63) is 23.9 Å². The molecular weight excluding hydrogens is 360 g/mol. The number of nitrogens with two attached hydrogens (primary N) is 1. The fourth-order valence-corrected chi connectivity index (χ4v) is 4.80. The molecule has 1 aromatic heterocycles. The fraction of sp³-hybridized carbons (Fsp3) is 0.600. The molecule has 2 aliphatic carbocycles. The Kier molecular flexibility index (Phi) is 4.51. The predicted octanol–water partition coefficient (Wildman–Crippen LogP) is 1.84. The van der Waals surface area contributed by atoms with Crippen molar-refractivity contribution >= 4 is 17.8 Å². The second-order valence-corrected chi connectivity index (χ2v) is 8.77. The molecule has 1 saturated heterocycles. The molecule has 150 valence electrons. The first kappa shape index (κ1) is 18.7. The van der Waals surface area contributed by atoms with Gasteiger partial charge < -0.3 is 15.8 Å². The summed E-state index contributed by atoms with van der Waals surface area (Å²) in [5.41, 5.74) is 5.76. The van der Waals surface area contributed by atoms with Gasteiger partial charge in [0.2, 0.25) is 5.88 Å². The Bertz CT molecular complexity index is 810. The number of hydrogen-bond donors (Lipinski definition) is 2. The third-order valence-electron chi connectivity index (χ3n) is 6.10. The minimum absolute atomic E-state index is 0.0225. The van der Waals surface area contributed by atoms with Gasteiger partial charge in [0.05, 0.1) is 0 Å². The van der Waals surface area contributed by atoms with Crippen LogP contribution in [0.3, 0.4) is 0 Å². The Hall–Kier alpha value is -2.64. The van der Waals surface area contributed by atoms with Crippen LogP contribution in [-0.4, -0.2) is 45.9 Å². The number of rotatable bonds is 6. The Morgan fingerprint density at radius 1 is 1.36 bits per heavy atom. The van der Waals surface area contributed by atoms with Crippen LogP contribution in [0.15, 0.2) is 18.3 Å². The van der Waals surface area contributed by atoms with Crippen molar-refractivity contribution in [3.63, 3.8) is 0 Å². The molecule has 1 aromatic rings. The lowest BCUT2D eigenvalue weighted by molar-refractivity contribution is -0.141. The van der Waals surface area contributed by atoms with Crippen LogP contribution in [0.5, 0.6) is 5.88 Å². The van der Waals surface area contributed by atoms with Crippen LogP contribution in [0.25, 0.3) is 0 Å². The second kappa shape index (κ2) is 6.76. The highest BCUT2D eigenvalue weighted by Crippen LogP contribution is 2.58. The van der Waals surface area contributed by atoms with E-state index >= 15 is 0 Å². The van der Waals surface area contributed by atoms with Crippen LogP contribution in [-0.2, 0) is 4.79 Å². The maximum absolute atomic E-state index is 12.6. The smallest absolute Gasteiger partial charge is 0.325 e. The van der Waals surface area contributed by atoms with Crippen LogP contribution < -0.4 is 15.8 Å². The molecule has 3 fully saturated rings. The van der Waals surface area contributed by atoms with E-state index in [1.165, 1.54) is 4.90 Å². The molecule has 1 unspecified atom stereocenters. The van der Waals surface area contributed by atoms with Gasteiger partial charge in [0.25, 0.3) is 11.8 Å². The first-order valence-electron chi connectivity index (χ1n) is 9.83. The van der Waals surface area contributed by atoms with E-state index in [1.807, 2.05) is 13.8 Å². The number of hydrogen-bond acceptors (Lipinski definition) is 5. The summed E-state index contributed by atoms with van der Waals surface area (Å²) in [6, 6.07) is 2.57. The van der Waals surface area contributed by atoms with Gasteiger partial charge >= 0.3 is 6.03 Å². The van der Waals surface area contributed by atoms with Crippen LogP contribution in [0.4, 0.5) is 4.79 Å². The van der Waals surface area contributed by atoms with Crippen LogP contribution in [0.1, 0.15) is 56.3 Å². The molecule has 8 nitrogen and oxygen atoms in total. The van der Waals surface area contributed by atoms with E-state index in [1.54, 1.807) is 18.3 Å². The zero-order valence-electron chi connectivity index (χ0n) is 16.2. The van der Waals surface area contributed by atoms with Crippen molar-refractivity contribution in [2.45, 2.75) is 64.1 Å². The highest BCUT2D eigenvalue weighted by atomic mass is 16.5. The lowest BCUT2D eigenvalue weighted by Gasteiger charge is -2.58. The number of pyridine rings is 1. The summed E-state index contributed by atoms with van der Waals surface area (Å²) in [6.45, 7) is 4.08. The van der Waals surface area contributed by atoms with E-state index < -0.39 is 11.9 Å². The van der Waals surface area contributed by atoms with Gasteiger partial charge in [-0.25, -0.2) is 9.78 Å². The first-order valence-corrected chi connectivity index (χ1v) is 9.83. The van der Waals surface area contributed by atoms with E-state index in [0.717, 1.165) is 25.7 Å². The number of nitrogens with zero attached hydrogens (tertiary/aromatic N) is 2. The number of carbonyl (C=O) groups is 3. The number of primary amides is 1. The summed E-state index contributed by atoms with van der Waals surface area (Å²) in [5, 5.41) is 2.82. The van der Waals surface area contributed by atoms with Crippen molar-refractivity contribution in [1.82, 2.24) is 15.2 Å². The number of imide groups is 1. The van der Waals surface area contributed by atoms with Gasteiger partial charge in [-0.1, -0.05) is 13.8 Å². The number of aromatic nitrogens is 1. The summed E-state index contributed by atoms with van der Waals surface area (Å²) in [4.78, 5) is 41.8. The van der Waals surface area contributed by atoms with Crippen LogP contribution in [0.2, 0.25) is 0 Å². The molecule has 3 N–H and O–H groups in total. The topological polar surface area (TPSA) is 115 Å². The van der Waals surface area contributed by atoms with Gasteiger partial charge in [0.15, 0.2) is 0 Å². The summed E-state index contributed by atoms with van der Waals surface area (Å²) >= 11 is 0. The van der Waals surface area contributed by atoms with Gasteiger partial charge in [0.1, 0.15) is 17.7 Å². The predicted molar refractivity (Wildman–Crippen MR) is 100 cm³/mol. The third kappa shape index (κ3) is 3.21. The Morgan fingerprint density at radius 2 is 2.07 bits per heavy atom. The monoisotopic (exact) mass is 386 g/mol. The SMILES string of the molecule is CC(C)CC1NC(=O)N([C@H]2CC3(C[C@H](Oc4ncccc4C(N)=O)C3)C2)C1=O. The second-order valence-electron chi connectivity index (χ2n) is 8.77. The quantitative estimate of drug-likeness (QED) is 0.724. The molecule has 8 heteroatoms. The molecule has 3 aliphatic rings. The van der Waals surface area contributed by atoms with Gasteiger partial charge in [-0.2, -0.15) is 0 Å². The number of ether oxygens (including phenoxy) is 1. The minimum atomic E-state index is -0.560. The number of carbonyl (C=O) groups excluding carboxylic acids is 3. The van der Waals surface area contributed by atoms with Crippen molar-refractivity contribution in [2.75, 3.05) is 0 Å². The van der Waals surface area contributed by atoms with Gasteiger partial charge in [-0.3, -0.25) is 14.5 Å². The molecule has 2 saturated carbocycles. The van der Waals surface area contributed by atoms with E-state index in [4.69, 9.17) is 10.5 Å². The summed E-state index contributed by atoms with van der Waals surface area (Å²) in [6.07, 6.45) is 5.50. The number of urea groups is 1. The molecule has 0 radical (unpaired) electrons. The van der Waals surface area contributed by atoms with Gasteiger partial charge in [-0.05, 0) is 55.6 Å². The minimum Gasteiger partial charge on any atom is -0.474 e. The molecule has 4 amide bonds. The zero-order valence-corrected chi connectivity index (χ0v) is 16.2. The number of nitrogens with one attached hydrogen (secondary N) is 1. The highest BCUT2D eigenvalue weighted by Gasteiger charge is 2.58. The maximum atomic E-state index is 12.6. The maximum Gasteiger partial charge on any atom is 0.325 e. The lowest BCUT2D eigenvalue weighted by atomic mass is 9.52. The van der Waals surface area contributed by atoms with Crippen LogP contribution >= 0.6 is 0 Å². The summed E-state index contributed by atoms with van der Waals surface area (Å²) < 4.78 is 5.87. The number of amides is 4. The standard InChI is InChI=1S/C20H26N4O4/c1-11(2)6-15-18(26)24(19(27)23-15)12-7-20(8-12)9-13(10-20)28-17-14(16(21)25)4-3-5-22-17/h3-5,11-13,15H,6-10H2,1-2H3,(H2,21,25)(H,23,27)/t12-,13-,15?,20?. The highest BCUT2D eigenvalue weighted by molar-refractivity contribution is 6.04. The fourth-order valence-electron chi connectivity index (χ4n) is 4.80. The Labute approximate surface area is 163 Å². The van der Waals surface area contributed by atoms with Crippen molar-refractivity contribution in [2.24, 2.45) is 17.1 Å². The average molecular weight is 386 g/mol. The Balaban J connectivity index is 1.31. The summed E-state index contributed by atoms with van der Waals surface area (Å²) in [7, 11) is 0. The Morgan fingerprint density at radius 3 is 2.71 bits per heavy atom. The molecule has 0 aromatic carbocycles. The molecule has 1 aliphatic heterocycles. The molecule has 1 atom stereocenters. The van der Waals surface area contributed by atoms with Crippen LogP contribution in [0, 0.1) is 11.3 Å².